The number of ketones is 1. The number of tetrazole rings is 1. The predicted molar refractivity (Wildman–Crippen MR) is 72.2 cm³/mol. The lowest BCUT2D eigenvalue weighted by atomic mass is 10.0. The van der Waals surface area contributed by atoms with Crippen LogP contribution in [0, 0.1) is 0 Å². The molecule has 0 aliphatic heterocycles. The van der Waals surface area contributed by atoms with Crippen molar-refractivity contribution in [3.8, 4) is 0 Å². The van der Waals surface area contributed by atoms with Gasteiger partial charge in [0.25, 0.3) is 0 Å². The summed E-state index contributed by atoms with van der Waals surface area (Å²) in [5.41, 5.74) is 2.01. The highest BCUT2D eigenvalue weighted by atomic mass is 32.2. The quantitative estimate of drug-likeness (QED) is 0.783. The number of hydrogen-bond donors (Lipinski definition) is 0. The van der Waals surface area contributed by atoms with Crippen molar-refractivity contribution in [3.63, 3.8) is 0 Å². The maximum absolute atomic E-state index is 12.6. The van der Waals surface area contributed by atoms with E-state index in [1.807, 2.05) is 24.3 Å². The lowest BCUT2D eigenvalue weighted by Crippen LogP contribution is -2.17. The molecule has 98 valence electrons. The molecule has 19 heavy (non-hydrogen) atoms. The van der Waals surface area contributed by atoms with Crippen LogP contribution in [0.5, 0.6) is 0 Å². The largest absolute Gasteiger partial charge is 0.293 e. The summed E-state index contributed by atoms with van der Waals surface area (Å²) < 4.78 is 1.61. The van der Waals surface area contributed by atoms with Gasteiger partial charge in [-0.2, -0.15) is 0 Å². The van der Waals surface area contributed by atoms with E-state index in [9.17, 15) is 4.79 Å². The summed E-state index contributed by atoms with van der Waals surface area (Å²) in [7, 11) is 1.79. The summed E-state index contributed by atoms with van der Waals surface area (Å²) in [6.45, 7) is 0. The number of nitrogens with zero attached hydrogens (tertiary/aromatic N) is 4. The van der Waals surface area contributed by atoms with Crippen LogP contribution in [0.25, 0.3) is 0 Å². The molecule has 6 heteroatoms. The molecule has 0 saturated heterocycles. The Bertz CT molecular complexity index is 610. The Balaban J connectivity index is 1.88. The Morgan fingerprint density at radius 2 is 2.21 bits per heavy atom. The van der Waals surface area contributed by atoms with Crippen molar-refractivity contribution in [2.45, 2.75) is 29.7 Å². The molecule has 0 fully saturated rings. The molecule has 3 rings (SSSR count). The van der Waals surface area contributed by atoms with Gasteiger partial charge in [-0.15, -0.1) is 5.10 Å². The molecular weight excluding hydrogens is 260 g/mol. The van der Waals surface area contributed by atoms with Gasteiger partial charge in [0.05, 0.1) is 5.25 Å². The SMILES string of the molecule is Cn1nnnc1S[C@@H]1CCCc2ccccc2C1=O. The van der Waals surface area contributed by atoms with Crippen LogP contribution in [0.2, 0.25) is 0 Å². The van der Waals surface area contributed by atoms with Gasteiger partial charge in [0.1, 0.15) is 0 Å². The number of hydrogen-bond acceptors (Lipinski definition) is 5. The Labute approximate surface area is 115 Å². The van der Waals surface area contributed by atoms with Gasteiger partial charge < -0.3 is 0 Å². The summed E-state index contributed by atoms with van der Waals surface area (Å²) in [4.78, 5) is 12.6. The second kappa shape index (κ2) is 5.13. The normalized spacial score (nSPS) is 19.0. The smallest absolute Gasteiger partial charge is 0.209 e. The van der Waals surface area contributed by atoms with Crippen molar-refractivity contribution >= 4 is 17.5 Å². The summed E-state index contributed by atoms with van der Waals surface area (Å²) in [6.07, 6.45) is 2.85. The molecule has 1 aromatic heterocycles. The molecule has 1 atom stereocenters. The Morgan fingerprint density at radius 1 is 1.37 bits per heavy atom. The number of aryl methyl sites for hydroxylation is 2. The van der Waals surface area contributed by atoms with Gasteiger partial charge in [-0.1, -0.05) is 36.0 Å². The first-order valence-electron chi connectivity index (χ1n) is 6.27. The highest BCUT2D eigenvalue weighted by Crippen LogP contribution is 2.31. The Hall–Kier alpha value is -1.69. The number of Topliss-reactive ketones (excluding diaryl/α,β-unsaturated/α-hetero) is 1. The average molecular weight is 274 g/mol. The summed E-state index contributed by atoms with van der Waals surface area (Å²) in [6, 6.07) is 7.88. The fraction of sp³-hybridized carbons (Fsp3) is 0.385. The first-order chi connectivity index (χ1) is 9.25. The average Bonchev–Trinajstić information content (AvgIpc) is 2.75. The molecular formula is C13H14N4OS. The van der Waals surface area contributed by atoms with Gasteiger partial charge in [0, 0.05) is 12.6 Å². The molecule has 0 saturated carbocycles. The number of thioether (sulfide) groups is 1. The number of carbonyl (C=O) groups is 1. The van der Waals surface area contributed by atoms with E-state index in [0.717, 1.165) is 30.4 Å². The van der Waals surface area contributed by atoms with Crippen LogP contribution in [-0.2, 0) is 13.5 Å². The number of rotatable bonds is 2. The molecule has 0 amide bonds. The third-order valence-corrected chi connectivity index (χ3v) is 4.61. The Kier molecular flexibility index (Phi) is 3.33. The van der Waals surface area contributed by atoms with Crippen molar-refractivity contribution < 1.29 is 4.79 Å². The number of carbonyl (C=O) groups excluding carboxylic acids is 1. The molecule has 1 aromatic carbocycles. The molecule has 0 unspecified atom stereocenters. The van der Waals surface area contributed by atoms with Crippen LogP contribution in [0.15, 0.2) is 29.4 Å². The summed E-state index contributed by atoms with van der Waals surface area (Å²) in [5.74, 6) is 0.195. The van der Waals surface area contributed by atoms with Gasteiger partial charge in [-0.3, -0.25) is 4.79 Å². The van der Waals surface area contributed by atoms with Crippen molar-refractivity contribution in [2.24, 2.45) is 7.05 Å². The Morgan fingerprint density at radius 3 is 3.00 bits per heavy atom. The minimum atomic E-state index is -0.0895. The second-order valence-electron chi connectivity index (χ2n) is 4.61. The van der Waals surface area contributed by atoms with E-state index in [4.69, 9.17) is 0 Å². The fourth-order valence-electron chi connectivity index (χ4n) is 2.32. The standard InChI is InChI=1S/C13H14N4OS/c1-17-13(14-15-16-17)19-11-8-4-6-9-5-2-3-7-10(9)12(11)18/h2-3,5,7,11H,4,6,8H2,1H3/t11-/m1/s1. The molecule has 1 aliphatic rings. The molecule has 1 heterocycles. The maximum atomic E-state index is 12.6. The van der Waals surface area contributed by atoms with Crippen LogP contribution in [0.3, 0.4) is 0 Å². The maximum Gasteiger partial charge on any atom is 0.209 e. The minimum Gasteiger partial charge on any atom is -0.293 e. The minimum absolute atomic E-state index is 0.0895. The van der Waals surface area contributed by atoms with E-state index >= 15 is 0 Å². The second-order valence-corrected chi connectivity index (χ2v) is 5.78. The van der Waals surface area contributed by atoms with Crippen LogP contribution in [0.1, 0.15) is 28.8 Å². The molecule has 2 aromatic rings. The predicted octanol–water partition coefficient (Wildman–Crippen LogP) is 1.89. The number of fused-ring (bicyclic) bond motifs is 1. The molecule has 0 spiro atoms. The van der Waals surface area contributed by atoms with Crippen LogP contribution in [-0.4, -0.2) is 31.2 Å². The van der Waals surface area contributed by atoms with Gasteiger partial charge in [-0.25, -0.2) is 4.68 Å². The van der Waals surface area contributed by atoms with E-state index in [1.165, 1.54) is 11.8 Å². The molecule has 1 aliphatic carbocycles. The lowest BCUT2D eigenvalue weighted by Gasteiger charge is -2.11. The fourth-order valence-corrected chi connectivity index (χ4v) is 3.37. The third-order valence-electron chi connectivity index (χ3n) is 3.32. The third kappa shape index (κ3) is 2.40. The van der Waals surface area contributed by atoms with E-state index in [0.29, 0.717) is 5.16 Å². The van der Waals surface area contributed by atoms with Crippen LogP contribution >= 0.6 is 11.8 Å². The van der Waals surface area contributed by atoms with E-state index in [-0.39, 0.29) is 11.0 Å². The zero-order valence-electron chi connectivity index (χ0n) is 10.6. The van der Waals surface area contributed by atoms with Gasteiger partial charge in [0.2, 0.25) is 5.16 Å². The summed E-state index contributed by atoms with van der Waals surface area (Å²) >= 11 is 1.46. The number of aromatic nitrogens is 4. The van der Waals surface area contributed by atoms with Crippen molar-refractivity contribution in [1.29, 1.82) is 0 Å². The van der Waals surface area contributed by atoms with E-state index in [1.54, 1.807) is 11.7 Å². The van der Waals surface area contributed by atoms with Crippen molar-refractivity contribution in [2.75, 3.05) is 0 Å². The zero-order valence-corrected chi connectivity index (χ0v) is 11.4. The number of benzene rings is 1. The molecule has 0 radical (unpaired) electrons. The molecule has 0 bridgehead atoms. The topological polar surface area (TPSA) is 60.7 Å². The van der Waals surface area contributed by atoms with E-state index in [2.05, 4.69) is 15.5 Å². The molecule has 5 nitrogen and oxygen atoms in total. The van der Waals surface area contributed by atoms with Crippen molar-refractivity contribution in [3.05, 3.63) is 35.4 Å². The summed E-state index contributed by atoms with van der Waals surface area (Å²) in [5, 5.41) is 12.0. The first-order valence-corrected chi connectivity index (χ1v) is 7.15. The van der Waals surface area contributed by atoms with Gasteiger partial charge in [-0.05, 0) is 35.3 Å². The zero-order chi connectivity index (χ0) is 13.2. The van der Waals surface area contributed by atoms with Crippen molar-refractivity contribution in [1.82, 2.24) is 20.2 Å². The van der Waals surface area contributed by atoms with Gasteiger partial charge in [0.15, 0.2) is 5.78 Å². The van der Waals surface area contributed by atoms with E-state index < -0.39 is 0 Å². The van der Waals surface area contributed by atoms with Crippen LogP contribution < -0.4 is 0 Å². The monoisotopic (exact) mass is 274 g/mol. The highest BCUT2D eigenvalue weighted by molar-refractivity contribution is 8.00. The first kappa shape index (κ1) is 12.3. The van der Waals surface area contributed by atoms with Gasteiger partial charge >= 0.3 is 0 Å². The van der Waals surface area contributed by atoms with Crippen LogP contribution in [0.4, 0.5) is 0 Å². The highest BCUT2D eigenvalue weighted by Gasteiger charge is 2.27. The lowest BCUT2D eigenvalue weighted by molar-refractivity contribution is 0.0988. The molecule has 0 N–H and O–H groups in total.